The molecule has 0 aliphatic heterocycles. The molecule has 0 bridgehead atoms. The Kier molecular flexibility index (Phi) is 11.1. The molecule has 0 atom stereocenters. The first-order valence-corrected chi connectivity index (χ1v) is 18.8. The van der Waals surface area contributed by atoms with Crippen LogP contribution in [0.15, 0.2) is 72.4 Å². The predicted octanol–water partition coefficient (Wildman–Crippen LogP) is 5.17. The van der Waals surface area contributed by atoms with Crippen LogP contribution >= 0.6 is 70.5 Å². The molecule has 3 heterocycles. The molecule has 0 aliphatic rings. The van der Waals surface area contributed by atoms with Crippen molar-refractivity contribution < 1.29 is 21.6 Å². The van der Waals surface area contributed by atoms with Crippen molar-refractivity contribution in [2.45, 2.75) is 9.79 Å². The number of carbonyl (C=O) groups is 1. The van der Waals surface area contributed by atoms with E-state index in [1.807, 2.05) is 6.20 Å². The Hall–Kier alpha value is -2.09. The quantitative estimate of drug-likeness (QED) is 0.185. The van der Waals surface area contributed by atoms with Crippen LogP contribution in [0.3, 0.4) is 0 Å². The van der Waals surface area contributed by atoms with E-state index >= 15 is 0 Å². The molecule has 0 unspecified atom stereocenters. The maximum atomic E-state index is 11.4. The molecule has 212 valence electrons. The van der Waals surface area contributed by atoms with Gasteiger partial charge in [0, 0.05) is 23.6 Å². The Morgan fingerprint density at radius 2 is 1.43 bits per heavy atom. The number of nitrogens with zero attached hydrogens (tertiary/aromatic N) is 5. The number of Topliss-reactive ketones (excluding diaryl/α,β-unsaturated/α-hetero) is 1. The van der Waals surface area contributed by atoms with Gasteiger partial charge in [0.2, 0.25) is 10.1 Å². The summed E-state index contributed by atoms with van der Waals surface area (Å²) in [6, 6.07) is 12.6. The third-order valence-electron chi connectivity index (χ3n) is 4.74. The number of ketones is 1. The Bertz CT molecular complexity index is 1790. The smallest absolute Gasteiger partial charge is 0.213 e. The zero-order valence-corrected chi connectivity index (χ0v) is 28.5. The number of alkyl halides is 1. The summed E-state index contributed by atoms with van der Waals surface area (Å²) in [7, 11) is -6.34. The number of fused-ring (bicyclic) bond motifs is 1. The molecule has 18 heteroatoms. The topological polar surface area (TPSA) is 167 Å². The highest BCUT2D eigenvalue weighted by Gasteiger charge is 2.11. The summed E-state index contributed by atoms with van der Waals surface area (Å²) in [5.41, 5.74) is 7.33. The summed E-state index contributed by atoms with van der Waals surface area (Å²) in [4.78, 5) is 16.9. The minimum absolute atomic E-state index is 0.0648. The lowest BCUT2D eigenvalue weighted by molar-refractivity contribution is 0.102. The Balaban J connectivity index is 0.000000184. The Morgan fingerprint density at radius 3 is 1.82 bits per heavy atom. The molecule has 2 N–H and O–H groups in total. The van der Waals surface area contributed by atoms with Gasteiger partial charge in [-0.05, 0) is 56.1 Å². The Morgan fingerprint density at radius 1 is 0.875 bits per heavy atom. The summed E-state index contributed by atoms with van der Waals surface area (Å²) in [6.45, 7) is 0. The second kappa shape index (κ2) is 13.7. The van der Waals surface area contributed by atoms with Crippen LogP contribution in [0.5, 0.6) is 0 Å². The van der Waals surface area contributed by atoms with Gasteiger partial charge in [0.1, 0.15) is 0 Å². The van der Waals surface area contributed by atoms with E-state index in [9.17, 15) is 21.6 Å². The lowest BCUT2D eigenvalue weighted by atomic mass is 10.2. The monoisotopic (exact) mass is 812 g/mol. The number of rotatable bonds is 5. The van der Waals surface area contributed by atoms with Gasteiger partial charge < -0.3 is 5.73 Å². The van der Waals surface area contributed by atoms with Crippen LogP contribution in [0.4, 0.5) is 5.13 Å². The number of hydrogen-bond donors (Lipinski definition) is 1. The average Bonchev–Trinajstić information content (AvgIpc) is 3.57. The van der Waals surface area contributed by atoms with Gasteiger partial charge in [0.25, 0.3) is 0 Å². The second-order valence-electron chi connectivity index (χ2n) is 7.75. The van der Waals surface area contributed by atoms with Gasteiger partial charge in [-0.1, -0.05) is 62.9 Å². The molecule has 5 rings (SSSR count). The molecule has 2 aromatic carbocycles. The zero-order chi connectivity index (χ0) is 29.7. The van der Waals surface area contributed by atoms with Crippen molar-refractivity contribution in [1.29, 1.82) is 0 Å². The van der Waals surface area contributed by atoms with Crippen LogP contribution in [-0.4, -0.2) is 65.3 Å². The largest absolute Gasteiger partial charge is 0.374 e. The third-order valence-corrected chi connectivity index (χ3v) is 10.0. The Labute approximate surface area is 263 Å². The van der Waals surface area contributed by atoms with Crippen molar-refractivity contribution in [3.8, 4) is 11.3 Å². The first-order valence-electron chi connectivity index (χ1n) is 10.6. The number of nitrogen functional groups attached to an aromatic ring is 1. The van der Waals surface area contributed by atoms with Gasteiger partial charge in [0.05, 0.1) is 27.0 Å². The van der Waals surface area contributed by atoms with Crippen LogP contribution in [-0.2, 0) is 19.7 Å². The van der Waals surface area contributed by atoms with Crippen molar-refractivity contribution in [1.82, 2.24) is 24.8 Å². The molecule has 0 saturated carbocycles. The van der Waals surface area contributed by atoms with Crippen LogP contribution < -0.4 is 5.73 Å². The van der Waals surface area contributed by atoms with Gasteiger partial charge in [-0.15, -0.1) is 15.3 Å². The van der Waals surface area contributed by atoms with Gasteiger partial charge in [-0.3, -0.25) is 4.79 Å². The standard InChI is InChI=1S/C11H8BrN3O2S2.C9H9BrO3S.C2H2BrN3S/c1-19(16,17)8-4-2-7(3-5-8)9-6-15-11(13-9)18-10(12)14-15;1-14(12,13)8-4-2-7(3-5-8)9(11)6-10;3-1-5-6-2(4)7-1/h2-6H,1H3;2-5H,6H2,1H3;(H2,4,6). The molecule has 0 radical (unpaired) electrons. The molecule has 0 aliphatic carbocycles. The molecule has 0 fully saturated rings. The van der Waals surface area contributed by atoms with Crippen molar-refractivity contribution in [2.75, 3.05) is 23.6 Å². The lowest BCUT2D eigenvalue weighted by Gasteiger charge is -1.99. The van der Waals surface area contributed by atoms with E-state index in [4.69, 9.17) is 5.73 Å². The summed E-state index contributed by atoms with van der Waals surface area (Å²) in [5.74, 6) is -0.0648. The number of hydrogen-bond acceptors (Lipinski definition) is 12. The fourth-order valence-corrected chi connectivity index (χ4v) is 6.58. The molecule has 40 heavy (non-hydrogen) atoms. The SMILES string of the molecule is CS(=O)(=O)c1ccc(-c2cn3nc(Br)sc3n2)cc1.CS(=O)(=O)c1ccc(C(=O)CBr)cc1.Nc1nnc(Br)s1. The summed E-state index contributed by atoms with van der Waals surface area (Å²) < 4.78 is 48.1. The van der Waals surface area contributed by atoms with E-state index in [0.717, 1.165) is 30.3 Å². The van der Waals surface area contributed by atoms with Gasteiger partial charge >= 0.3 is 0 Å². The van der Waals surface area contributed by atoms with E-state index in [2.05, 4.69) is 68.1 Å². The highest BCUT2D eigenvalue weighted by Crippen LogP contribution is 2.25. The van der Waals surface area contributed by atoms with E-state index in [1.165, 1.54) is 53.2 Å². The maximum absolute atomic E-state index is 11.4. The van der Waals surface area contributed by atoms with Crippen molar-refractivity contribution >= 4 is 106 Å². The number of imidazole rings is 1. The van der Waals surface area contributed by atoms with Crippen LogP contribution in [0.1, 0.15) is 10.4 Å². The van der Waals surface area contributed by atoms with Crippen molar-refractivity contribution in [2.24, 2.45) is 0 Å². The van der Waals surface area contributed by atoms with E-state index in [1.54, 1.807) is 28.8 Å². The van der Waals surface area contributed by atoms with E-state index in [-0.39, 0.29) is 16.0 Å². The highest BCUT2D eigenvalue weighted by molar-refractivity contribution is 9.11. The molecular formula is C22H19Br3N6O5S4. The fraction of sp³-hybridized carbons (Fsp3) is 0.136. The van der Waals surface area contributed by atoms with Crippen molar-refractivity contribution in [3.63, 3.8) is 0 Å². The number of sulfone groups is 2. The third kappa shape index (κ3) is 9.22. The molecular weight excluding hydrogens is 796 g/mol. The number of halogens is 3. The van der Waals surface area contributed by atoms with E-state index in [0.29, 0.717) is 15.6 Å². The lowest BCUT2D eigenvalue weighted by Crippen LogP contribution is -2.01. The molecule has 3 aromatic heterocycles. The highest BCUT2D eigenvalue weighted by atomic mass is 79.9. The molecule has 0 saturated heterocycles. The number of anilines is 1. The minimum Gasteiger partial charge on any atom is -0.374 e. The van der Waals surface area contributed by atoms with Crippen LogP contribution in [0, 0.1) is 0 Å². The second-order valence-corrected chi connectivity index (χ2v) is 16.9. The summed E-state index contributed by atoms with van der Waals surface area (Å²) in [5, 5.41) is 12.0. The number of aromatic nitrogens is 5. The minimum atomic E-state index is -3.18. The molecule has 11 nitrogen and oxygen atoms in total. The fourth-order valence-electron chi connectivity index (χ4n) is 2.87. The average molecular weight is 815 g/mol. The normalized spacial score (nSPS) is 11.3. The number of carbonyl (C=O) groups excluding carboxylic acids is 1. The van der Waals surface area contributed by atoms with Crippen molar-refractivity contribution in [3.05, 3.63) is 68.1 Å². The zero-order valence-electron chi connectivity index (χ0n) is 20.5. The number of nitrogens with two attached hydrogens (primary N) is 1. The van der Waals surface area contributed by atoms with Gasteiger partial charge in [0.15, 0.2) is 33.3 Å². The van der Waals surface area contributed by atoms with Gasteiger partial charge in [-0.25, -0.2) is 26.3 Å². The van der Waals surface area contributed by atoms with Crippen LogP contribution in [0.25, 0.3) is 16.2 Å². The predicted molar refractivity (Wildman–Crippen MR) is 167 cm³/mol. The maximum Gasteiger partial charge on any atom is 0.213 e. The molecule has 0 spiro atoms. The number of benzene rings is 2. The summed E-state index contributed by atoms with van der Waals surface area (Å²) >= 11 is 12.2. The molecule has 5 aromatic rings. The summed E-state index contributed by atoms with van der Waals surface area (Å²) in [6.07, 6.45) is 4.14. The molecule has 0 amide bonds. The van der Waals surface area contributed by atoms with Gasteiger partial charge in [-0.2, -0.15) is 0 Å². The van der Waals surface area contributed by atoms with Crippen LogP contribution in [0.2, 0.25) is 0 Å². The first-order chi connectivity index (χ1) is 18.7. The first kappa shape index (κ1) is 32.4. The van der Waals surface area contributed by atoms with E-state index < -0.39 is 19.7 Å².